The van der Waals surface area contributed by atoms with Crippen molar-refractivity contribution < 1.29 is 22.9 Å². The minimum Gasteiger partial charge on any atom is -0.320 e. The molecule has 1 amide bonds. The Bertz CT molecular complexity index is 789. The van der Waals surface area contributed by atoms with Gasteiger partial charge in [-0.25, -0.2) is 8.78 Å². The quantitative estimate of drug-likeness (QED) is 0.530. The van der Waals surface area contributed by atoms with Gasteiger partial charge in [0, 0.05) is 18.2 Å². The van der Waals surface area contributed by atoms with Gasteiger partial charge in [-0.3, -0.25) is 14.9 Å². The molecule has 0 unspecified atom stereocenters. The number of nitro benzene ring substituents is 1. The van der Waals surface area contributed by atoms with E-state index in [0.717, 1.165) is 6.08 Å². The molecule has 0 fully saturated rings. The largest absolute Gasteiger partial charge is 0.320 e. The van der Waals surface area contributed by atoms with Gasteiger partial charge in [-0.15, -0.1) is 0 Å². The van der Waals surface area contributed by atoms with Crippen LogP contribution in [0.4, 0.5) is 24.5 Å². The second-order valence-electron chi connectivity index (χ2n) is 4.41. The zero-order valence-electron chi connectivity index (χ0n) is 11.4. The molecule has 2 aromatic carbocycles. The van der Waals surface area contributed by atoms with Crippen LogP contribution in [0.25, 0.3) is 6.08 Å². The number of nitrogens with zero attached hydrogens (tertiary/aromatic N) is 1. The highest BCUT2D eigenvalue weighted by Crippen LogP contribution is 2.25. The zero-order valence-corrected chi connectivity index (χ0v) is 11.4. The topological polar surface area (TPSA) is 72.2 Å². The summed E-state index contributed by atoms with van der Waals surface area (Å²) in [5.74, 6) is -3.70. The first-order valence-electron chi connectivity index (χ1n) is 6.25. The maximum atomic E-state index is 13.5. The van der Waals surface area contributed by atoms with E-state index >= 15 is 0 Å². The second-order valence-corrected chi connectivity index (χ2v) is 4.41. The molecule has 0 aliphatic heterocycles. The van der Waals surface area contributed by atoms with Crippen molar-refractivity contribution in [1.29, 1.82) is 0 Å². The Hall–Kier alpha value is -3.16. The van der Waals surface area contributed by atoms with Crippen molar-refractivity contribution in [3.8, 4) is 0 Å². The van der Waals surface area contributed by atoms with E-state index in [0.29, 0.717) is 17.7 Å². The van der Waals surface area contributed by atoms with Crippen molar-refractivity contribution >= 4 is 23.4 Å². The third-order valence-electron chi connectivity index (χ3n) is 2.79. The molecule has 0 saturated heterocycles. The molecule has 0 aliphatic rings. The number of rotatable bonds is 4. The summed E-state index contributed by atoms with van der Waals surface area (Å²) >= 11 is 0. The number of carbonyl (C=O) groups excluding carboxylic acids is 1. The molecule has 2 rings (SSSR count). The summed E-state index contributed by atoms with van der Waals surface area (Å²) in [7, 11) is 0. The predicted octanol–water partition coefficient (Wildman–Crippen LogP) is 3.66. The Morgan fingerprint density at radius 2 is 1.74 bits per heavy atom. The molecule has 0 spiro atoms. The van der Waals surface area contributed by atoms with Crippen LogP contribution in [0.3, 0.4) is 0 Å². The Balaban J connectivity index is 2.15. The smallest absolute Gasteiger partial charge is 0.307 e. The molecule has 0 atom stereocenters. The third-order valence-corrected chi connectivity index (χ3v) is 2.79. The van der Waals surface area contributed by atoms with Crippen LogP contribution in [-0.2, 0) is 4.79 Å². The molecular formula is C15H9F3N2O3. The van der Waals surface area contributed by atoms with Crippen LogP contribution in [0.1, 0.15) is 5.56 Å². The second kappa shape index (κ2) is 6.73. The lowest BCUT2D eigenvalue weighted by Crippen LogP contribution is -2.10. The summed E-state index contributed by atoms with van der Waals surface area (Å²) in [5, 5.41) is 12.7. The molecule has 8 heteroatoms. The monoisotopic (exact) mass is 322 g/mol. The first-order chi connectivity index (χ1) is 10.9. The van der Waals surface area contributed by atoms with Crippen LogP contribution in [-0.4, -0.2) is 10.8 Å². The van der Waals surface area contributed by atoms with Crippen LogP contribution in [0, 0.1) is 27.6 Å². The van der Waals surface area contributed by atoms with Gasteiger partial charge >= 0.3 is 5.69 Å². The summed E-state index contributed by atoms with van der Waals surface area (Å²) in [4.78, 5) is 21.2. The number of hydrogen-bond acceptors (Lipinski definition) is 3. The van der Waals surface area contributed by atoms with Crippen molar-refractivity contribution in [1.82, 2.24) is 0 Å². The molecule has 0 bridgehead atoms. The summed E-state index contributed by atoms with van der Waals surface area (Å²) in [6.45, 7) is 0. The van der Waals surface area contributed by atoms with E-state index in [4.69, 9.17) is 0 Å². The van der Waals surface area contributed by atoms with Crippen molar-refractivity contribution in [3.63, 3.8) is 0 Å². The number of halogens is 3. The standard InChI is InChI=1S/C15H9F3N2O3/c16-10-4-1-9(2-5-10)3-6-15(21)19-13-8-14(20(22)23)12(18)7-11(13)17/h1-8H,(H,19,21)/b6-3+. The number of amides is 1. The van der Waals surface area contributed by atoms with Crippen molar-refractivity contribution in [2.45, 2.75) is 0 Å². The molecule has 5 nitrogen and oxygen atoms in total. The molecule has 0 saturated carbocycles. The lowest BCUT2D eigenvalue weighted by Gasteiger charge is -2.04. The lowest BCUT2D eigenvalue weighted by atomic mass is 10.2. The van der Waals surface area contributed by atoms with E-state index in [2.05, 4.69) is 5.32 Å². The van der Waals surface area contributed by atoms with Crippen molar-refractivity contribution in [3.05, 3.63) is 75.6 Å². The highest BCUT2D eigenvalue weighted by Gasteiger charge is 2.19. The van der Waals surface area contributed by atoms with Crippen LogP contribution < -0.4 is 5.32 Å². The third kappa shape index (κ3) is 4.16. The van der Waals surface area contributed by atoms with Crippen molar-refractivity contribution in [2.75, 3.05) is 5.32 Å². The number of benzene rings is 2. The van der Waals surface area contributed by atoms with Gasteiger partial charge in [0.25, 0.3) is 0 Å². The van der Waals surface area contributed by atoms with Gasteiger partial charge in [-0.2, -0.15) is 4.39 Å². The van der Waals surface area contributed by atoms with E-state index in [1.165, 1.54) is 30.3 Å². The Kier molecular flexibility index (Phi) is 4.75. The molecule has 0 aromatic heterocycles. The Morgan fingerprint density at radius 1 is 1.09 bits per heavy atom. The summed E-state index contributed by atoms with van der Waals surface area (Å²) in [5.41, 5.74) is -0.955. The van der Waals surface area contributed by atoms with Gasteiger partial charge in [0.15, 0.2) is 0 Å². The number of nitro groups is 1. The Labute approximate surface area is 128 Å². The number of hydrogen-bond donors (Lipinski definition) is 1. The average molecular weight is 322 g/mol. The highest BCUT2D eigenvalue weighted by atomic mass is 19.1. The van der Waals surface area contributed by atoms with Gasteiger partial charge in [0.05, 0.1) is 10.6 Å². The van der Waals surface area contributed by atoms with Gasteiger partial charge in [-0.1, -0.05) is 12.1 Å². The highest BCUT2D eigenvalue weighted by molar-refractivity contribution is 6.02. The summed E-state index contributed by atoms with van der Waals surface area (Å²) in [6, 6.07) is 6.14. The van der Waals surface area contributed by atoms with E-state index < -0.39 is 39.7 Å². The molecular weight excluding hydrogens is 313 g/mol. The van der Waals surface area contributed by atoms with E-state index in [1.54, 1.807) is 0 Å². The molecule has 0 heterocycles. The number of nitrogens with one attached hydrogen (secondary N) is 1. The van der Waals surface area contributed by atoms with Crippen LogP contribution in [0.5, 0.6) is 0 Å². The van der Waals surface area contributed by atoms with Gasteiger partial charge in [0.2, 0.25) is 11.7 Å². The molecule has 2 aromatic rings. The lowest BCUT2D eigenvalue weighted by molar-refractivity contribution is -0.387. The maximum Gasteiger partial charge on any atom is 0.307 e. The summed E-state index contributed by atoms with van der Waals surface area (Å²) in [6.07, 6.45) is 2.37. The van der Waals surface area contributed by atoms with Gasteiger partial charge < -0.3 is 5.32 Å². The first kappa shape index (κ1) is 16.2. The molecule has 0 aliphatic carbocycles. The van der Waals surface area contributed by atoms with Crippen LogP contribution >= 0.6 is 0 Å². The minimum atomic E-state index is -1.34. The SMILES string of the molecule is O=C(/C=C/c1ccc(F)cc1)Nc1cc([N+](=O)[O-])c(F)cc1F. The van der Waals surface area contributed by atoms with E-state index in [-0.39, 0.29) is 0 Å². The van der Waals surface area contributed by atoms with Crippen LogP contribution in [0.15, 0.2) is 42.5 Å². The molecule has 118 valence electrons. The molecule has 1 N–H and O–H groups in total. The normalized spacial score (nSPS) is 10.7. The van der Waals surface area contributed by atoms with Crippen LogP contribution in [0.2, 0.25) is 0 Å². The van der Waals surface area contributed by atoms with Gasteiger partial charge in [0.1, 0.15) is 11.6 Å². The van der Waals surface area contributed by atoms with Crippen molar-refractivity contribution in [2.24, 2.45) is 0 Å². The Morgan fingerprint density at radius 3 is 2.35 bits per heavy atom. The fourth-order valence-corrected chi connectivity index (χ4v) is 1.69. The minimum absolute atomic E-state index is 0.317. The number of carbonyl (C=O) groups is 1. The fourth-order valence-electron chi connectivity index (χ4n) is 1.69. The van der Waals surface area contributed by atoms with E-state index in [9.17, 15) is 28.1 Å². The number of anilines is 1. The van der Waals surface area contributed by atoms with Gasteiger partial charge in [-0.05, 0) is 23.8 Å². The summed E-state index contributed by atoms with van der Waals surface area (Å²) < 4.78 is 39.4. The average Bonchev–Trinajstić information content (AvgIpc) is 2.49. The molecule has 23 heavy (non-hydrogen) atoms. The first-order valence-corrected chi connectivity index (χ1v) is 6.25. The zero-order chi connectivity index (χ0) is 17.0. The fraction of sp³-hybridized carbons (Fsp3) is 0. The molecule has 0 radical (unpaired) electrons. The van der Waals surface area contributed by atoms with E-state index in [1.807, 2.05) is 0 Å². The maximum absolute atomic E-state index is 13.5. The predicted molar refractivity (Wildman–Crippen MR) is 77.1 cm³/mol.